The maximum absolute atomic E-state index is 11.3. The van der Waals surface area contributed by atoms with Crippen molar-refractivity contribution in [3.8, 4) is 5.75 Å². The van der Waals surface area contributed by atoms with Gasteiger partial charge in [0.2, 0.25) is 0 Å². The van der Waals surface area contributed by atoms with Gasteiger partial charge in [-0.25, -0.2) is 9.13 Å². The first-order valence-electron chi connectivity index (χ1n) is 8.00. The molecule has 25 heavy (non-hydrogen) atoms. The van der Waals surface area contributed by atoms with Crippen LogP contribution in [0.4, 0.5) is 5.95 Å². The summed E-state index contributed by atoms with van der Waals surface area (Å²) < 4.78 is 9.41. The molecule has 4 N–H and O–H groups in total. The van der Waals surface area contributed by atoms with E-state index in [-0.39, 0.29) is 6.54 Å². The summed E-state index contributed by atoms with van der Waals surface area (Å²) >= 11 is 6.08. The molecule has 0 atom stereocenters. The van der Waals surface area contributed by atoms with E-state index < -0.39 is 5.91 Å². The van der Waals surface area contributed by atoms with E-state index in [0.29, 0.717) is 29.9 Å². The molecule has 0 saturated heterocycles. The number of benzene rings is 2. The van der Waals surface area contributed by atoms with Gasteiger partial charge in [-0.05, 0) is 24.3 Å². The standard InChI is InChI=1S/C18H19ClN4O2/c19-13-6-1-4-9-16(13)25-11-5-10-22-14-7-2-3-8-15(14)23(18(22)21)12-17(20)24/h1-4,6-9,21H,5,10-12H2,(H2,20,24)/p+1. The van der Waals surface area contributed by atoms with Crippen molar-refractivity contribution in [2.75, 3.05) is 12.3 Å². The van der Waals surface area contributed by atoms with Gasteiger partial charge >= 0.3 is 5.95 Å². The van der Waals surface area contributed by atoms with Crippen LogP contribution in [0.1, 0.15) is 6.42 Å². The predicted octanol–water partition coefficient (Wildman–Crippen LogP) is 2.12. The van der Waals surface area contributed by atoms with Crippen molar-refractivity contribution in [3.05, 3.63) is 53.6 Å². The Hall–Kier alpha value is -2.73. The number of nitrogens with zero attached hydrogens (tertiary/aromatic N) is 2. The van der Waals surface area contributed by atoms with Gasteiger partial charge in [0.1, 0.15) is 16.8 Å². The molecule has 0 aliphatic rings. The lowest BCUT2D eigenvalue weighted by molar-refractivity contribution is -0.644. The summed E-state index contributed by atoms with van der Waals surface area (Å²) in [6.07, 6.45) is 0.741. The number of hydrogen-bond acceptors (Lipinski definition) is 3. The molecule has 130 valence electrons. The fourth-order valence-electron chi connectivity index (χ4n) is 2.84. The first-order chi connectivity index (χ1) is 12.1. The number of hydrogen-bond donors (Lipinski definition) is 2. The summed E-state index contributed by atoms with van der Waals surface area (Å²) in [5.41, 5.74) is 13.4. The van der Waals surface area contributed by atoms with Gasteiger partial charge < -0.3 is 10.5 Å². The van der Waals surface area contributed by atoms with Crippen LogP contribution in [0, 0.1) is 0 Å². The van der Waals surface area contributed by atoms with Crippen molar-refractivity contribution in [3.63, 3.8) is 0 Å². The third kappa shape index (κ3) is 3.69. The number of nitrogens with two attached hydrogens (primary N) is 2. The van der Waals surface area contributed by atoms with Gasteiger partial charge in [0.05, 0.1) is 18.2 Å². The van der Waals surface area contributed by atoms with Crippen molar-refractivity contribution in [1.82, 2.24) is 4.57 Å². The molecule has 0 unspecified atom stereocenters. The number of primary amides is 1. The van der Waals surface area contributed by atoms with Crippen molar-refractivity contribution < 1.29 is 14.1 Å². The minimum atomic E-state index is -0.429. The van der Waals surface area contributed by atoms with E-state index in [1.165, 1.54) is 0 Å². The van der Waals surface area contributed by atoms with E-state index in [0.717, 1.165) is 17.5 Å². The molecular formula is C18H20ClN4O2+. The smallest absolute Gasteiger partial charge is 0.356 e. The molecule has 3 rings (SSSR count). The highest BCUT2D eigenvalue weighted by Gasteiger charge is 2.21. The number of fused-ring (bicyclic) bond motifs is 1. The molecule has 0 bridgehead atoms. The number of anilines is 1. The number of aryl methyl sites for hydroxylation is 1. The maximum Gasteiger partial charge on any atom is 0.356 e. The highest BCUT2D eigenvalue weighted by Crippen LogP contribution is 2.23. The third-order valence-electron chi connectivity index (χ3n) is 3.95. The van der Waals surface area contributed by atoms with Crippen LogP contribution in [0.5, 0.6) is 5.75 Å². The number of halogens is 1. The van der Waals surface area contributed by atoms with Gasteiger partial charge in [-0.2, -0.15) is 0 Å². The van der Waals surface area contributed by atoms with Gasteiger partial charge in [0, 0.05) is 6.42 Å². The second kappa shape index (κ2) is 7.44. The Morgan fingerprint density at radius 1 is 1.16 bits per heavy atom. The molecule has 1 amide bonds. The van der Waals surface area contributed by atoms with E-state index in [1.54, 1.807) is 10.6 Å². The molecule has 0 aliphatic carbocycles. The van der Waals surface area contributed by atoms with Crippen molar-refractivity contribution in [1.29, 1.82) is 0 Å². The highest BCUT2D eigenvalue weighted by molar-refractivity contribution is 6.32. The largest absolute Gasteiger partial charge is 0.492 e. The van der Waals surface area contributed by atoms with Crippen LogP contribution in [-0.4, -0.2) is 17.1 Å². The van der Waals surface area contributed by atoms with Crippen molar-refractivity contribution in [2.24, 2.45) is 5.73 Å². The van der Waals surface area contributed by atoms with Crippen molar-refractivity contribution >= 4 is 34.5 Å². The molecule has 3 aromatic rings. The van der Waals surface area contributed by atoms with Crippen LogP contribution < -0.4 is 20.8 Å². The molecule has 0 aliphatic heterocycles. The van der Waals surface area contributed by atoms with E-state index >= 15 is 0 Å². The lowest BCUT2D eigenvalue weighted by Gasteiger charge is -2.07. The zero-order valence-electron chi connectivity index (χ0n) is 13.7. The normalized spacial score (nSPS) is 10.9. The molecule has 0 saturated carbocycles. The van der Waals surface area contributed by atoms with Crippen molar-refractivity contribution in [2.45, 2.75) is 19.5 Å². The molecule has 0 radical (unpaired) electrons. The van der Waals surface area contributed by atoms with Crippen LogP contribution in [0.3, 0.4) is 0 Å². The zero-order chi connectivity index (χ0) is 17.8. The molecular weight excluding hydrogens is 340 g/mol. The molecule has 7 heteroatoms. The van der Waals surface area contributed by atoms with Gasteiger partial charge in [0.15, 0.2) is 6.54 Å². The quantitative estimate of drug-likeness (QED) is 0.500. The summed E-state index contributed by atoms with van der Waals surface area (Å²) in [5.74, 6) is 0.734. The molecule has 2 aromatic carbocycles. The lowest BCUT2D eigenvalue weighted by atomic mass is 10.3. The Morgan fingerprint density at radius 2 is 1.88 bits per heavy atom. The minimum absolute atomic E-state index is 0.0511. The summed E-state index contributed by atoms with van der Waals surface area (Å²) in [5, 5.41) is 0.590. The topological polar surface area (TPSA) is 87.2 Å². The Morgan fingerprint density at radius 3 is 2.64 bits per heavy atom. The van der Waals surface area contributed by atoms with Gasteiger partial charge in [-0.15, -0.1) is 0 Å². The van der Waals surface area contributed by atoms with Gasteiger partial charge in [-0.3, -0.25) is 10.5 Å². The average molecular weight is 360 g/mol. The van der Waals surface area contributed by atoms with Crippen LogP contribution >= 0.6 is 11.6 Å². The fourth-order valence-corrected chi connectivity index (χ4v) is 3.03. The lowest BCUT2D eigenvalue weighted by Crippen LogP contribution is -2.42. The van der Waals surface area contributed by atoms with Crippen LogP contribution in [-0.2, 0) is 17.9 Å². The fraction of sp³-hybridized carbons (Fsp3) is 0.222. The second-order valence-electron chi connectivity index (χ2n) is 5.68. The monoisotopic (exact) mass is 359 g/mol. The first kappa shape index (κ1) is 17.1. The maximum atomic E-state index is 11.3. The molecule has 6 nitrogen and oxygen atoms in total. The number of nitrogen functional groups attached to an aromatic ring is 1. The zero-order valence-corrected chi connectivity index (χ0v) is 14.4. The summed E-state index contributed by atoms with van der Waals surface area (Å²) in [6, 6.07) is 15.1. The number of carbonyl (C=O) groups is 1. The van der Waals surface area contributed by atoms with Crippen LogP contribution in [0.15, 0.2) is 48.5 Å². The van der Waals surface area contributed by atoms with E-state index in [1.807, 2.05) is 47.0 Å². The number of ether oxygens (including phenoxy) is 1. The molecule has 1 heterocycles. The van der Waals surface area contributed by atoms with E-state index in [9.17, 15) is 4.79 Å². The Labute approximate surface area is 150 Å². The minimum Gasteiger partial charge on any atom is -0.492 e. The average Bonchev–Trinajstić information content (AvgIpc) is 2.85. The predicted molar refractivity (Wildman–Crippen MR) is 97.3 cm³/mol. The van der Waals surface area contributed by atoms with E-state index in [2.05, 4.69) is 0 Å². The van der Waals surface area contributed by atoms with E-state index in [4.69, 9.17) is 27.8 Å². The first-order valence-corrected chi connectivity index (χ1v) is 8.38. The number of imidazole rings is 1. The second-order valence-corrected chi connectivity index (χ2v) is 6.09. The summed E-state index contributed by atoms with van der Waals surface area (Å²) in [7, 11) is 0. The molecule has 0 spiro atoms. The number of para-hydroxylation sites is 3. The Balaban J connectivity index is 1.74. The summed E-state index contributed by atoms with van der Waals surface area (Å²) in [4.78, 5) is 11.3. The Kier molecular flexibility index (Phi) is 5.09. The molecule has 0 fully saturated rings. The molecule has 1 aromatic heterocycles. The van der Waals surface area contributed by atoms with Crippen LogP contribution in [0.25, 0.3) is 11.0 Å². The SMILES string of the molecule is NC(=O)C[n+]1c(N)n(CCCOc2ccccc2Cl)c2ccccc21. The van der Waals surface area contributed by atoms with Gasteiger partial charge in [-0.1, -0.05) is 35.9 Å². The van der Waals surface area contributed by atoms with Crippen LogP contribution in [0.2, 0.25) is 5.02 Å². The third-order valence-corrected chi connectivity index (χ3v) is 4.26. The number of amides is 1. The number of rotatable bonds is 7. The Bertz CT molecular complexity index is 907. The summed E-state index contributed by atoms with van der Waals surface area (Å²) in [6.45, 7) is 1.21. The highest BCUT2D eigenvalue weighted by atomic mass is 35.5. The number of aromatic nitrogens is 2. The van der Waals surface area contributed by atoms with Gasteiger partial charge in [0.25, 0.3) is 5.91 Å². The number of carbonyl (C=O) groups excluding carboxylic acids is 1.